The standard InChI is InChI=1S/C35H41O3P/c1-3-4-5-6-7-8-10-20-30-21-15-16-23-34(30)37-39(36)38-35-25-24-32(29-18-11-9-12-19-29)27-33(35)26-31-22-14-13-17-28(31)2/h9,11-19,21-25,27,36H,3-8,10,20,26H2,1-2H3. The van der Waals surface area contributed by atoms with Gasteiger partial charge in [-0.25, -0.2) is 0 Å². The van der Waals surface area contributed by atoms with E-state index in [1.54, 1.807) is 0 Å². The van der Waals surface area contributed by atoms with Crippen LogP contribution in [0.5, 0.6) is 11.5 Å². The van der Waals surface area contributed by atoms with E-state index in [0.717, 1.165) is 35.1 Å². The molecule has 0 aromatic heterocycles. The third-order valence-electron chi connectivity index (χ3n) is 7.18. The van der Waals surface area contributed by atoms with Crippen LogP contribution in [0.15, 0.2) is 97.1 Å². The van der Waals surface area contributed by atoms with Gasteiger partial charge >= 0.3 is 8.60 Å². The summed E-state index contributed by atoms with van der Waals surface area (Å²) in [7, 11) is -2.14. The van der Waals surface area contributed by atoms with Crippen molar-refractivity contribution < 1.29 is 13.9 Å². The van der Waals surface area contributed by atoms with Gasteiger partial charge in [0, 0.05) is 6.42 Å². The Bertz CT molecular complexity index is 1290. The number of rotatable bonds is 15. The zero-order chi connectivity index (χ0) is 27.3. The fraction of sp³-hybridized carbons (Fsp3) is 0.314. The molecule has 0 saturated heterocycles. The maximum Gasteiger partial charge on any atom is 0.460 e. The molecular formula is C35H41O3P. The molecule has 39 heavy (non-hydrogen) atoms. The summed E-state index contributed by atoms with van der Waals surface area (Å²) in [6, 6.07) is 32.9. The first-order valence-corrected chi connectivity index (χ1v) is 15.4. The molecule has 4 rings (SSSR count). The molecule has 0 saturated carbocycles. The molecule has 4 aromatic rings. The van der Waals surface area contributed by atoms with Crippen LogP contribution in [0.3, 0.4) is 0 Å². The molecule has 1 unspecified atom stereocenters. The van der Waals surface area contributed by atoms with Gasteiger partial charge in [-0.2, -0.15) is 0 Å². The Labute approximate surface area is 235 Å². The van der Waals surface area contributed by atoms with Crippen LogP contribution in [0.4, 0.5) is 0 Å². The van der Waals surface area contributed by atoms with Crippen LogP contribution in [0.2, 0.25) is 0 Å². The summed E-state index contributed by atoms with van der Waals surface area (Å²) in [6.45, 7) is 4.38. The lowest BCUT2D eigenvalue weighted by Crippen LogP contribution is -2.01. The summed E-state index contributed by atoms with van der Waals surface area (Å²) in [5, 5.41) is 0. The Morgan fingerprint density at radius 2 is 1.21 bits per heavy atom. The Balaban J connectivity index is 1.45. The first kappa shape index (κ1) is 28.9. The van der Waals surface area contributed by atoms with Crippen molar-refractivity contribution in [2.45, 2.75) is 71.6 Å². The number of hydrogen-bond donors (Lipinski definition) is 1. The quantitative estimate of drug-likeness (QED) is 0.120. The first-order chi connectivity index (χ1) is 19.1. The van der Waals surface area contributed by atoms with Crippen LogP contribution >= 0.6 is 8.60 Å². The minimum Gasteiger partial charge on any atom is -0.418 e. The van der Waals surface area contributed by atoms with Gasteiger partial charge in [-0.1, -0.05) is 124 Å². The highest BCUT2D eigenvalue weighted by Crippen LogP contribution is 2.41. The fourth-order valence-corrected chi connectivity index (χ4v) is 5.62. The topological polar surface area (TPSA) is 38.7 Å². The summed E-state index contributed by atoms with van der Waals surface area (Å²) in [5.74, 6) is 1.36. The Kier molecular flexibility index (Phi) is 11.4. The highest BCUT2D eigenvalue weighted by molar-refractivity contribution is 7.41. The zero-order valence-corrected chi connectivity index (χ0v) is 24.2. The van der Waals surface area contributed by atoms with Gasteiger partial charge in [0.1, 0.15) is 11.5 Å². The van der Waals surface area contributed by atoms with Crippen LogP contribution < -0.4 is 9.05 Å². The van der Waals surface area contributed by atoms with Crippen LogP contribution in [0.25, 0.3) is 11.1 Å². The smallest absolute Gasteiger partial charge is 0.418 e. The summed E-state index contributed by atoms with van der Waals surface area (Å²) in [6.07, 6.45) is 10.5. The monoisotopic (exact) mass is 540 g/mol. The van der Waals surface area contributed by atoms with Crippen molar-refractivity contribution in [2.24, 2.45) is 0 Å². The van der Waals surface area contributed by atoms with Crippen LogP contribution in [0, 0.1) is 6.92 Å². The predicted molar refractivity (Wildman–Crippen MR) is 164 cm³/mol. The minimum absolute atomic E-state index is 0.649. The van der Waals surface area contributed by atoms with E-state index in [2.05, 4.69) is 62.4 Å². The second kappa shape index (κ2) is 15.5. The average molecular weight is 541 g/mol. The summed E-state index contributed by atoms with van der Waals surface area (Å²) >= 11 is 0. The molecule has 1 atom stereocenters. The second-order valence-corrected chi connectivity index (χ2v) is 11.0. The highest BCUT2D eigenvalue weighted by Gasteiger charge is 2.18. The number of para-hydroxylation sites is 1. The Hall–Kier alpha value is -3.13. The Morgan fingerprint density at radius 1 is 0.590 bits per heavy atom. The van der Waals surface area contributed by atoms with Crippen LogP contribution in [-0.2, 0) is 12.8 Å². The lowest BCUT2D eigenvalue weighted by atomic mass is 9.96. The molecule has 0 fully saturated rings. The van der Waals surface area contributed by atoms with E-state index >= 15 is 0 Å². The first-order valence-electron chi connectivity index (χ1n) is 14.3. The number of aryl methyl sites for hydroxylation is 2. The van der Waals surface area contributed by atoms with Gasteiger partial charge in [0.2, 0.25) is 0 Å². The number of benzene rings is 4. The van der Waals surface area contributed by atoms with E-state index in [1.807, 2.05) is 48.5 Å². The van der Waals surface area contributed by atoms with Crippen molar-refractivity contribution in [3.05, 3.63) is 119 Å². The molecule has 0 bridgehead atoms. The van der Waals surface area contributed by atoms with E-state index in [-0.39, 0.29) is 0 Å². The largest absolute Gasteiger partial charge is 0.460 e. The van der Waals surface area contributed by atoms with Crippen LogP contribution in [-0.4, -0.2) is 4.89 Å². The molecule has 0 amide bonds. The molecule has 4 heteroatoms. The predicted octanol–water partition coefficient (Wildman–Crippen LogP) is 10.2. The lowest BCUT2D eigenvalue weighted by molar-refractivity contribution is 0.378. The summed E-state index contributed by atoms with van der Waals surface area (Å²) < 4.78 is 12.1. The van der Waals surface area contributed by atoms with Gasteiger partial charge in [-0.15, -0.1) is 0 Å². The van der Waals surface area contributed by atoms with Crippen molar-refractivity contribution in [1.82, 2.24) is 0 Å². The summed E-state index contributed by atoms with van der Waals surface area (Å²) in [4.78, 5) is 10.9. The Morgan fingerprint density at radius 3 is 1.95 bits per heavy atom. The molecule has 0 heterocycles. The molecule has 0 aliphatic heterocycles. The maximum atomic E-state index is 10.9. The zero-order valence-electron chi connectivity index (χ0n) is 23.3. The molecule has 3 nitrogen and oxygen atoms in total. The summed E-state index contributed by atoms with van der Waals surface area (Å²) in [5.41, 5.74) is 6.88. The lowest BCUT2D eigenvalue weighted by Gasteiger charge is -2.18. The average Bonchev–Trinajstić information content (AvgIpc) is 2.96. The molecule has 0 aliphatic carbocycles. The van der Waals surface area contributed by atoms with Crippen molar-refractivity contribution >= 4 is 8.60 Å². The normalized spacial score (nSPS) is 11.8. The van der Waals surface area contributed by atoms with Gasteiger partial charge < -0.3 is 13.9 Å². The van der Waals surface area contributed by atoms with Gasteiger partial charge in [0.25, 0.3) is 0 Å². The maximum absolute atomic E-state index is 10.9. The SMILES string of the molecule is CCCCCCCCCc1ccccc1OP(O)Oc1ccc(-c2ccccc2)cc1Cc1ccccc1C. The molecule has 4 aromatic carbocycles. The van der Waals surface area contributed by atoms with Crippen LogP contribution in [0.1, 0.15) is 74.1 Å². The van der Waals surface area contributed by atoms with E-state index in [1.165, 1.54) is 49.7 Å². The molecule has 1 N–H and O–H groups in total. The van der Waals surface area contributed by atoms with E-state index in [4.69, 9.17) is 9.05 Å². The minimum atomic E-state index is -2.14. The van der Waals surface area contributed by atoms with Crippen molar-refractivity contribution in [3.63, 3.8) is 0 Å². The molecular weight excluding hydrogens is 499 g/mol. The fourth-order valence-electron chi connectivity index (χ4n) is 4.89. The highest BCUT2D eigenvalue weighted by atomic mass is 31.2. The third-order valence-corrected chi connectivity index (χ3v) is 7.89. The van der Waals surface area contributed by atoms with E-state index in [9.17, 15) is 4.89 Å². The molecule has 0 spiro atoms. The molecule has 204 valence electrons. The molecule has 0 radical (unpaired) electrons. The van der Waals surface area contributed by atoms with Gasteiger partial charge in [0.05, 0.1) is 0 Å². The number of hydrogen-bond acceptors (Lipinski definition) is 3. The van der Waals surface area contributed by atoms with Crippen molar-refractivity contribution in [3.8, 4) is 22.6 Å². The van der Waals surface area contributed by atoms with Gasteiger partial charge in [-0.3, -0.25) is 0 Å². The van der Waals surface area contributed by atoms with Crippen molar-refractivity contribution in [2.75, 3.05) is 0 Å². The van der Waals surface area contributed by atoms with Gasteiger partial charge in [-0.05, 0) is 71.3 Å². The number of unbranched alkanes of at least 4 members (excludes halogenated alkanes) is 6. The third kappa shape index (κ3) is 8.95. The van der Waals surface area contributed by atoms with Crippen molar-refractivity contribution in [1.29, 1.82) is 0 Å². The van der Waals surface area contributed by atoms with Gasteiger partial charge in [0.15, 0.2) is 0 Å². The second-order valence-electron chi connectivity index (χ2n) is 10.2. The van der Waals surface area contributed by atoms with E-state index in [0.29, 0.717) is 17.9 Å². The molecule has 0 aliphatic rings. The van der Waals surface area contributed by atoms with E-state index < -0.39 is 8.60 Å².